The number of rotatable bonds is 4. The predicted octanol–water partition coefficient (Wildman–Crippen LogP) is 2.12. The summed E-state index contributed by atoms with van der Waals surface area (Å²) in [5.74, 6) is 0.677. The monoisotopic (exact) mass is 254 g/mol. The molecule has 0 fully saturated rings. The van der Waals surface area contributed by atoms with Crippen molar-refractivity contribution >= 4 is 11.5 Å². The van der Waals surface area contributed by atoms with Crippen LogP contribution in [0.5, 0.6) is 5.88 Å². The molecule has 0 aromatic carbocycles. The molecule has 100 valence electrons. The Balaban J connectivity index is 3.48. The van der Waals surface area contributed by atoms with Crippen LogP contribution in [0.1, 0.15) is 33.5 Å². The molecule has 7 heteroatoms. The molecule has 0 aliphatic carbocycles. The van der Waals surface area contributed by atoms with Crippen molar-refractivity contribution in [1.29, 1.82) is 0 Å². The van der Waals surface area contributed by atoms with Crippen LogP contribution in [0.3, 0.4) is 0 Å². The molecule has 7 nitrogen and oxygen atoms in total. The van der Waals surface area contributed by atoms with Gasteiger partial charge in [0, 0.05) is 12.5 Å². The van der Waals surface area contributed by atoms with E-state index >= 15 is 0 Å². The van der Waals surface area contributed by atoms with Gasteiger partial charge in [-0.2, -0.15) is 4.98 Å². The van der Waals surface area contributed by atoms with Crippen LogP contribution in [0.4, 0.5) is 11.5 Å². The van der Waals surface area contributed by atoms with Crippen molar-refractivity contribution in [3.05, 3.63) is 15.9 Å². The first kappa shape index (κ1) is 14.1. The van der Waals surface area contributed by atoms with E-state index in [1.54, 1.807) is 14.0 Å². The molecule has 1 rings (SSSR count). The van der Waals surface area contributed by atoms with E-state index in [2.05, 4.69) is 15.3 Å². The van der Waals surface area contributed by atoms with E-state index < -0.39 is 4.92 Å². The van der Waals surface area contributed by atoms with Crippen LogP contribution in [0.15, 0.2) is 0 Å². The van der Waals surface area contributed by atoms with Crippen LogP contribution in [0, 0.1) is 10.1 Å². The van der Waals surface area contributed by atoms with Crippen LogP contribution in [0.25, 0.3) is 0 Å². The van der Waals surface area contributed by atoms with Gasteiger partial charge in [-0.15, -0.1) is 0 Å². The summed E-state index contributed by atoms with van der Waals surface area (Å²) in [6, 6.07) is 0. The average molecular weight is 254 g/mol. The zero-order valence-corrected chi connectivity index (χ0v) is 11.3. The van der Waals surface area contributed by atoms with Crippen LogP contribution in [-0.2, 0) is 5.41 Å². The minimum absolute atomic E-state index is 0.00627. The maximum atomic E-state index is 11.0. The van der Waals surface area contributed by atoms with Crippen molar-refractivity contribution in [1.82, 2.24) is 9.97 Å². The number of anilines is 1. The smallest absolute Gasteiger partial charge is 0.372 e. The Labute approximate surface area is 106 Å². The van der Waals surface area contributed by atoms with Gasteiger partial charge >= 0.3 is 5.69 Å². The summed E-state index contributed by atoms with van der Waals surface area (Å²) in [5.41, 5.74) is -0.542. The molecule has 0 aliphatic heterocycles. The van der Waals surface area contributed by atoms with E-state index in [0.29, 0.717) is 12.4 Å². The summed E-state index contributed by atoms with van der Waals surface area (Å²) >= 11 is 0. The number of hydrogen-bond donors (Lipinski definition) is 1. The second-order valence-corrected chi connectivity index (χ2v) is 4.74. The van der Waals surface area contributed by atoms with Gasteiger partial charge in [0.15, 0.2) is 0 Å². The maximum Gasteiger partial charge on any atom is 0.372 e. The first-order valence-electron chi connectivity index (χ1n) is 5.68. The SMILES string of the molecule is CCOc1nc(C(C)(C)C)nc(NC)c1[N+](=O)[O-]. The van der Waals surface area contributed by atoms with Crippen molar-refractivity contribution in [2.45, 2.75) is 33.1 Å². The lowest BCUT2D eigenvalue weighted by molar-refractivity contribution is -0.385. The molecular weight excluding hydrogens is 236 g/mol. The third kappa shape index (κ3) is 2.85. The number of hydrogen-bond acceptors (Lipinski definition) is 6. The Morgan fingerprint density at radius 2 is 2.00 bits per heavy atom. The van der Waals surface area contributed by atoms with Gasteiger partial charge in [0.1, 0.15) is 5.82 Å². The molecule has 1 N–H and O–H groups in total. The molecule has 0 unspecified atom stereocenters. The minimum atomic E-state index is -0.538. The molecular formula is C11H18N4O3. The van der Waals surface area contributed by atoms with E-state index in [1.807, 2.05) is 20.8 Å². The van der Waals surface area contributed by atoms with Crippen molar-refractivity contribution in [3.63, 3.8) is 0 Å². The van der Waals surface area contributed by atoms with Gasteiger partial charge in [-0.1, -0.05) is 20.8 Å². The van der Waals surface area contributed by atoms with E-state index in [1.165, 1.54) is 0 Å². The quantitative estimate of drug-likeness (QED) is 0.653. The van der Waals surface area contributed by atoms with Crippen LogP contribution in [-0.4, -0.2) is 28.5 Å². The van der Waals surface area contributed by atoms with Gasteiger partial charge in [0.05, 0.1) is 11.5 Å². The third-order valence-corrected chi connectivity index (χ3v) is 2.22. The summed E-state index contributed by atoms with van der Waals surface area (Å²) in [4.78, 5) is 18.8. The van der Waals surface area contributed by atoms with Crippen molar-refractivity contribution in [2.75, 3.05) is 19.0 Å². The summed E-state index contributed by atoms with van der Waals surface area (Å²) < 4.78 is 5.24. The van der Waals surface area contributed by atoms with Crippen molar-refractivity contribution in [3.8, 4) is 5.88 Å². The number of nitro groups is 1. The van der Waals surface area contributed by atoms with E-state index in [0.717, 1.165) is 0 Å². The molecule has 0 spiro atoms. The zero-order chi connectivity index (χ0) is 13.9. The van der Waals surface area contributed by atoms with Gasteiger partial charge in [-0.25, -0.2) is 4.98 Å². The highest BCUT2D eigenvalue weighted by atomic mass is 16.6. The normalized spacial score (nSPS) is 11.2. The molecule has 18 heavy (non-hydrogen) atoms. The van der Waals surface area contributed by atoms with E-state index in [-0.39, 0.29) is 22.8 Å². The van der Waals surface area contributed by atoms with Gasteiger partial charge in [0.25, 0.3) is 5.88 Å². The Hall–Kier alpha value is -1.92. The van der Waals surface area contributed by atoms with E-state index in [4.69, 9.17) is 4.74 Å². The van der Waals surface area contributed by atoms with Crippen LogP contribution >= 0.6 is 0 Å². The second-order valence-electron chi connectivity index (χ2n) is 4.74. The summed E-state index contributed by atoms with van der Waals surface area (Å²) in [7, 11) is 1.58. The Kier molecular flexibility index (Phi) is 4.05. The van der Waals surface area contributed by atoms with Crippen LogP contribution in [0.2, 0.25) is 0 Å². The maximum absolute atomic E-state index is 11.0. The number of nitrogens with zero attached hydrogens (tertiary/aromatic N) is 3. The topological polar surface area (TPSA) is 90.2 Å². The highest BCUT2D eigenvalue weighted by molar-refractivity contribution is 5.61. The molecule has 1 heterocycles. The lowest BCUT2D eigenvalue weighted by Gasteiger charge is -2.18. The molecule has 0 saturated heterocycles. The van der Waals surface area contributed by atoms with Crippen LogP contribution < -0.4 is 10.1 Å². The van der Waals surface area contributed by atoms with Gasteiger partial charge in [-0.05, 0) is 6.92 Å². The third-order valence-electron chi connectivity index (χ3n) is 2.22. The summed E-state index contributed by atoms with van der Waals surface area (Å²) in [6.07, 6.45) is 0. The molecule has 0 radical (unpaired) electrons. The molecule has 0 saturated carbocycles. The average Bonchev–Trinajstić information content (AvgIpc) is 2.26. The minimum Gasteiger partial charge on any atom is -0.473 e. The molecule has 1 aromatic heterocycles. The Bertz CT molecular complexity index is 454. The van der Waals surface area contributed by atoms with Crippen molar-refractivity contribution in [2.24, 2.45) is 0 Å². The van der Waals surface area contributed by atoms with Gasteiger partial charge < -0.3 is 10.1 Å². The highest BCUT2D eigenvalue weighted by Crippen LogP contribution is 2.34. The van der Waals surface area contributed by atoms with E-state index in [9.17, 15) is 10.1 Å². The summed E-state index contributed by atoms with van der Waals surface area (Å²) in [5, 5.41) is 13.8. The number of nitrogens with one attached hydrogen (secondary N) is 1. The fourth-order valence-corrected chi connectivity index (χ4v) is 1.35. The number of ether oxygens (including phenoxy) is 1. The fraction of sp³-hybridized carbons (Fsp3) is 0.636. The summed E-state index contributed by atoms with van der Waals surface area (Å²) in [6.45, 7) is 7.86. The number of aromatic nitrogens is 2. The fourth-order valence-electron chi connectivity index (χ4n) is 1.35. The largest absolute Gasteiger partial charge is 0.473 e. The molecule has 1 aromatic rings. The lowest BCUT2D eigenvalue weighted by atomic mass is 9.96. The van der Waals surface area contributed by atoms with Gasteiger partial charge in [-0.3, -0.25) is 10.1 Å². The lowest BCUT2D eigenvalue weighted by Crippen LogP contribution is -2.18. The predicted molar refractivity (Wildman–Crippen MR) is 68.1 cm³/mol. The molecule has 0 amide bonds. The molecule has 0 atom stereocenters. The highest BCUT2D eigenvalue weighted by Gasteiger charge is 2.29. The second kappa shape index (κ2) is 5.16. The Morgan fingerprint density at radius 1 is 1.39 bits per heavy atom. The zero-order valence-electron chi connectivity index (χ0n) is 11.3. The standard InChI is InChI=1S/C11H18N4O3/c1-6-18-9-7(15(16)17)8(12-5)13-10(14-9)11(2,3)4/h6H2,1-5H3,(H,12,13,14). The Morgan fingerprint density at radius 3 is 2.39 bits per heavy atom. The molecule has 0 bridgehead atoms. The van der Waals surface area contributed by atoms with Gasteiger partial charge in [0.2, 0.25) is 5.82 Å². The molecule has 0 aliphatic rings. The van der Waals surface area contributed by atoms with Crippen molar-refractivity contribution < 1.29 is 9.66 Å². The first-order valence-corrected chi connectivity index (χ1v) is 5.68. The first-order chi connectivity index (χ1) is 8.31.